The van der Waals surface area contributed by atoms with E-state index in [4.69, 9.17) is 0 Å². The summed E-state index contributed by atoms with van der Waals surface area (Å²) in [5.74, 6) is -3.32. The van der Waals surface area contributed by atoms with Crippen molar-refractivity contribution in [3.63, 3.8) is 0 Å². The van der Waals surface area contributed by atoms with Gasteiger partial charge in [-0.1, -0.05) is 59.3 Å². The van der Waals surface area contributed by atoms with E-state index in [1.165, 1.54) is 16.7 Å². The molecule has 190 valence electrons. The Bertz CT molecular complexity index is 1240. The molecule has 0 saturated carbocycles. The van der Waals surface area contributed by atoms with E-state index in [1.807, 2.05) is 49.4 Å². The number of aliphatic carboxylic acids is 1. The Morgan fingerprint density at radius 2 is 2.03 bits per heavy atom. The molecule has 3 aliphatic rings. The first kappa shape index (κ1) is 25.3. The molecule has 2 amide bonds. The molecule has 3 aliphatic heterocycles. The maximum atomic E-state index is 14.5. The summed E-state index contributed by atoms with van der Waals surface area (Å²) in [4.78, 5) is 43.7. The molecule has 0 aliphatic carbocycles. The van der Waals surface area contributed by atoms with E-state index in [-0.39, 0.29) is 35.0 Å². The van der Waals surface area contributed by atoms with Gasteiger partial charge >= 0.3 is 5.97 Å². The predicted octanol–water partition coefficient (Wildman–Crippen LogP) is 3.68. The Labute approximate surface area is 222 Å². The molecule has 2 N–H and O–H groups in total. The van der Waals surface area contributed by atoms with Gasteiger partial charge in [0, 0.05) is 22.3 Å². The second-order valence-corrected chi connectivity index (χ2v) is 12.5. The number of carboxylic acids is 1. The van der Waals surface area contributed by atoms with Crippen molar-refractivity contribution in [3.05, 3.63) is 55.1 Å². The summed E-state index contributed by atoms with van der Waals surface area (Å²) >= 11 is 5.12. The van der Waals surface area contributed by atoms with E-state index in [1.54, 1.807) is 11.0 Å². The minimum absolute atomic E-state index is 0.120. The number of fused-ring (bicyclic) bond motifs is 2. The van der Waals surface area contributed by atoms with Crippen molar-refractivity contribution in [2.75, 3.05) is 18.1 Å². The predicted molar refractivity (Wildman–Crippen MR) is 144 cm³/mol. The molecule has 3 unspecified atom stereocenters. The summed E-state index contributed by atoms with van der Waals surface area (Å²) in [6.07, 6.45) is 2.62. The minimum Gasteiger partial charge on any atom is -0.481 e. The fourth-order valence-corrected chi connectivity index (χ4v) is 9.97. The number of carboxylic acid groups (broad SMARTS) is 1. The van der Waals surface area contributed by atoms with Crippen molar-refractivity contribution in [2.45, 2.75) is 46.7 Å². The monoisotopic (exact) mass is 572 g/mol. The number of carbonyl (C=O) groups is 3. The highest BCUT2D eigenvalue weighted by atomic mass is 79.9. The van der Waals surface area contributed by atoms with Crippen LogP contribution in [0, 0.1) is 11.8 Å². The fraction of sp³-hybridized carbons (Fsp3) is 0.444. The van der Waals surface area contributed by atoms with Gasteiger partial charge in [-0.3, -0.25) is 14.4 Å². The van der Waals surface area contributed by atoms with Crippen molar-refractivity contribution in [3.8, 4) is 0 Å². The molecule has 7 nitrogen and oxygen atoms in total. The highest BCUT2D eigenvalue weighted by Gasteiger charge is 2.76. The van der Waals surface area contributed by atoms with E-state index in [0.717, 1.165) is 10.8 Å². The van der Waals surface area contributed by atoms with Gasteiger partial charge in [0.05, 0.1) is 29.2 Å². The Morgan fingerprint density at radius 1 is 1.31 bits per heavy atom. The third-order valence-corrected chi connectivity index (χ3v) is 11.2. The van der Waals surface area contributed by atoms with Crippen molar-refractivity contribution < 1.29 is 24.6 Å². The van der Waals surface area contributed by atoms with E-state index >= 15 is 0 Å². The Kier molecular flexibility index (Phi) is 6.68. The number of nitrogens with zero attached hydrogens (tertiary/aromatic N) is 2. The van der Waals surface area contributed by atoms with Gasteiger partial charge in [0.15, 0.2) is 0 Å². The van der Waals surface area contributed by atoms with Crippen molar-refractivity contribution in [1.82, 2.24) is 4.90 Å². The number of halogens is 1. The molecule has 1 spiro atoms. The van der Waals surface area contributed by atoms with E-state index in [2.05, 4.69) is 22.5 Å². The Hall–Kier alpha value is -2.36. The van der Waals surface area contributed by atoms with Gasteiger partial charge < -0.3 is 20.0 Å². The molecule has 3 fully saturated rings. The highest BCUT2D eigenvalue weighted by Crippen LogP contribution is 2.68. The molecule has 36 heavy (non-hydrogen) atoms. The SMILES string of the molecule is C=CCN(C(=O)C1N([C@@H](CC)CO)C(=O)[C@@H]2[C@H](C(=O)O)[C@H]3SC12CC3Br)c1ccc2ccccc2c1. The molecule has 7 atom stereocenters. The van der Waals surface area contributed by atoms with Crippen LogP contribution in [0.2, 0.25) is 0 Å². The fourth-order valence-electron chi connectivity index (χ4n) is 6.38. The zero-order valence-corrected chi connectivity index (χ0v) is 22.3. The number of rotatable bonds is 8. The van der Waals surface area contributed by atoms with Crippen molar-refractivity contribution >= 4 is 61.9 Å². The zero-order chi connectivity index (χ0) is 25.8. The lowest BCUT2D eigenvalue weighted by Crippen LogP contribution is -2.58. The normalized spacial score (nSPS) is 31.5. The number of thioether (sulfide) groups is 1. The quantitative estimate of drug-likeness (QED) is 0.370. The Morgan fingerprint density at radius 3 is 2.67 bits per heavy atom. The number of carbonyl (C=O) groups excluding carboxylic acids is 2. The molecule has 3 saturated heterocycles. The van der Waals surface area contributed by atoms with E-state index in [0.29, 0.717) is 18.5 Å². The maximum absolute atomic E-state index is 14.5. The second-order valence-electron chi connectivity index (χ2n) is 9.76. The van der Waals surface area contributed by atoms with Crippen LogP contribution in [0.25, 0.3) is 10.8 Å². The number of likely N-dealkylation sites (tertiary alicyclic amines) is 1. The third-order valence-electron chi connectivity index (χ3n) is 7.94. The van der Waals surface area contributed by atoms with Gasteiger partial charge in [0.25, 0.3) is 5.91 Å². The van der Waals surface area contributed by atoms with Gasteiger partial charge in [-0.25, -0.2) is 0 Å². The summed E-state index contributed by atoms with van der Waals surface area (Å²) in [5, 5.41) is 22.0. The van der Waals surface area contributed by atoms with Gasteiger partial charge in [0.1, 0.15) is 6.04 Å². The number of hydrogen-bond acceptors (Lipinski definition) is 5. The molecule has 2 aromatic carbocycles. The van der Waals surface area contributed by atoms with Gasteiger partial charge in [0.2, 0.25) is 5.91 Å². The number of aliphatic hydroxyl groups excluding tert-OH is 1. The average Bonchev–Trinajstić information content (AvgIpc) is 3.46. The van der Waals surface area contributed by atoms with Crippen LogP contribution in [0.5, 0.6) is 0 Å². The summed E-state index contributed by atoms with van der Waals surface area (Å²) in [5.41, 5.74) is 0.686. The van der Waals surface area contributed by atoms with Crippen molar-refractivity contribution in [2.24, 2.45) is 11.8 Å². The number of aliphatic hydroxyl groups is 1. The van der Waals surface area contributed by atoms with Gasteiger partial charge in [-0.05, 0) is 35.7 Å². The lowest BCUT2D eigenvalue weighted by Gasteiger charge is -2.39. The van der Waals surface area contributed by atoms with Crippen LogP contribution in [-0.2, 0) is 14.4 Å². The number of amides is 2. The minimum atomic E-state index is -1.01. The molecular weight excluding hydrogens is 544 g/mol. The van der Waals surface area contributed by atoms with Crippen LogP contribution in [0.1, 0.15) is 19.8 Å². The molecule has 2 aromatic rings. The molecule has 3 heterocycles. The number of anilines is 1. The average molecular weight is 574 g/mol. The van der Waals surface area contributed by atoms with Gasteiger partial charge in [-0.2, -0.15) is 0 Å². The van der Waals surface area contributed by atoms with E-state index in [9.17, 15) is 24.6 Å². The lowest BCUT2D eigenvalue weighted by molar-refractivity contribution is -0.149. The van der Waals surface area contributed by atoms with Crippen LogP contribution in [0.4, 0.5) is 5.69 Å². The topological polar surface area (TPSA) is 98.2 Å². The van der Waals surface area contributed by atoms with Crippen LogP contribution < -0.4 is 4.90 Å². The van der Waals surface area contributed by atoms with Gasteiger partial charge in [-0.15, -0.1) is 18.3 Å². The summed E-state index contributed by atoms with van der Waals surface area (Å²) in [7, 11) is 0. The van der Waals surface area contributed by atoms with Crippen molar-refractivity contribution in [1.29, 1.82) is 0 Å². The first-order chi connectivity index (χ1) is 17.3. The summed E-state index contributed by atoms with van der Waals surface area (Å²) < 4.78 is -0.880. The smallest absolute Gasteiger partial charge is 0.308 e. The number of hydrogen-bond donors (Lipinski definition) is 2. The summed E-state index contributed by atoms with van der Waals surface area (Å²) in [6, 6.07) is 12.2. The molecule has 0 radical (unpaired) electrons. The number of benzene rings is 2. The maximum Gasteiger partial charge on any atom is 0.308 e. The first-order valence-electron chi connectivity index (χ1n) is 12.2. The molecular formula is C27H29BrN2O5S. The molecule has 5 rings (SSSR count). The van der Waals surface area contributed by atoms with Crippen LogP contribution in [0.15, 0.2) is 55.1 Å². The van der Waals surface area contributed by atoms with Crippen LogP contribution in [0.3, 0.4) is 0 Å². The highest BCUT2D eigenvalue weighted by molar-refractivity contribution is 9.09. The second kappa shape index (κ2) is 9.50. The molecule has 2 bridgehead atoms. The zero-order valence-electron chi connectivity index (χ0n) is 19.9. The van der Waals surface area contributed by atoms with E-state index < -0.39 is 34.6 Å². The lowest BCUT2D eigenvalue weighted by atomic mass is 9.71. The third kappa shape index (κ3) is 3.62. The van der Waals surface area contributed by atoms with Crippen LogP contribution >= 0.6 is 27.7 Å². The molecule has 9 heteroatoms. The standard InChI is InChI=1S/C27H29BrN2O5S/c1-3-11-29(18-10-9-15-7-5-6-8-16(15)12-18)25(33)23-27-13-19(28)22(36-27)20(26(34)35)21(27)24(32)30(23)17(4-2)14-31/h3,5-10,12,17,19-23,31H,1,4,11,13-14H2,2H3,(H,34,35)/t17-,19?,20-,21-,22-,23?,27?/m0/s1. The molecule has 0 aromatic heterocycles. The Balaban J connectivity index is 1.63. The number of alkyl halides is 1. The van der Waals surface area contributed by atoms with Crippen LogP contribution in [-0.4, -0.2) is 73.0 Å². The first-order valence-corrected chi connectivity index (χ1v) is 14.0. The summed E-state index contributed by atoms with van der Waals surface area (Å²) in [6.45, 7) is 5.65. The largest absolute Gasteiger partial charge is 0.481 e.